The predicted molar refractivity (Wildman–Crippen MR) is 67.0 cm³/mol. The van der Waals surface area contributed by atoms with Gasteiger partial charge in [-0.3, -0.25) is 4.79 Å². The van der Waals surface area contributed by atoms with Gasteiger partial charge in [-0.05, 0) is 18.9 Å². The molecule has 0 unspecified atom stereocenters. The Morgan fingerprint density at radius 1 is 0.800 bits per heavy atom. The molecule has 1 nitrogen and oxygen atoms in total. The molecule has 0 rings (SSSR count). The average molecular weight is 208 g/mol. The highest BCUT2D eigenvalue weighted by molar-refractivity contribution is 5.65. The third-order valence-electron chi connectivity index (χ3n) is 2.41. The maximum absolute atomic E-state index is 9.94. The summed E-state index contributed by atoms with van der Waals surface area (Å²) >= 11 is 0. The molecule has 0 amide bonds. The summed E-state index contributed by atoms with van der Waals surface area (Å²) in [4.78, 5) is 9.94. The maximum Gasteiger partial charge on any atom is 0.142 e. The smallest absolute Gasteiger partial charge is 0.142 e. The molecule has 0 spiro atoms. The Labute approximate surface area is 94.3 Å². The molecule has 0 aliphatic heterocycles. The van der Waals surface area contributed by atoms with Crippen molar-refractivity contribution in [2.24, 2.45) is 0 Å². The van der Waals surface area contributed by atoms with Gasteiger partial charge in [-0.25, -0.2) is 0 Å². The number of aldehydes is 1. The molecule has 0 radical (unpaired) electrons. The van der Waals surface area contributed by atoms with Gasteiger partial charge in [0.05, 0.1) is 0 Å². The van der Waals surface area contributed by atoms with Crippen LogP contribution in [0.1, 0.15) is 58.3 Å². The van der Waals surface area contributed by atoms with Crippen LogP contribution in [0, 0.1) is 0 Å². The molecule has 0 bridgehead atoms. The second-order valence-corrected chi connectivity index (χ2v) is 3.86. The van der Waals surface area contributed by atoms with E-state index in [0.29, 0.717) is 0 Å². The number of hydrogen-bond acceptors (Lipinski definition) is 1. The largest absolute Gasteiger partial charge is 0.299 e. The van der Waals surface area contributed by atoms with Crippen molar-refractivity contribution in [1.29, 1.82) is 0 Å². The quantitative estimate of drug-likeness (QED) is 0.224. The van der Waals surface area contributed by atoms with Crippen LogP contribution >= 0.6 is 0 Å². The van der Waals surface area contributed by atoms with E-state index in [0.717, 1.165) is 12.7 Å². The highest BCUT2D eigenvalue weighted by atomic mass is 16.1. The van der Waals surface area contributed by atoms with Gasteiger partial charge < -0.3 is 0 Å². The van der Waals surface area contributed by atoms with Crippen molar-refractivity contribution in [2.45, 2.75) is 58.3 Å². The first-order valence-corrected chi connectivity index (χ1v) is 6.18. The third kappa shape index (κ3) is 13.2. The van der Waals surface area contributed by atoms with Crippen molar-refractivity contribution in [3.05, 3.63) is 24.3 Å². The molecular weight excluding hydrogens is 184 g/mol. The van der Waals surface area contributed by atoms with Gasteiger partial charge >= 0.3 is 0 Å². The van der Waals surface area contributed by atoms with E-state index < -0.39 is 0 Å². The molecule has 0 N–H and O–H groups in total. The van der Waals surface area contributed by atoms with Crippen LogP contribution in [0.4, 0.5) is 0 Å². The van der Waals surface area contributed by atoms with E-state index in [-0.39, 0.29) is 0 Å². The molecule has 15 heavy (non-hydrogen) atoms. The summed E-state index contributed by atoms with van der Waals surface area (Å²) in [7, 11) is 0. The number of hydrogen-bond donors (Lipinski definition) is 0. The molecule has 0 aromatic carbocycles. The lowest BCUT2D eigenvalue weighted by Gasteiger charge is -1.98. The summed E-state index contributed by atoms with van der Waals surface area (Å²) in [5.41, 5.74) is 0. The Hall–Kier alpha value is -0.850. The first kappa shape index (κ1) is 14.2. The van der Waals surface area contributed by atoms with Crippen molar-refractivity contribution in [2.75, 3.05) is 0 Å². The maximum atomic E-state index is 9.94. The van der Waals surface area contributed by atoms with Gasteiger partial charge in [0.15, 0.2) is 0 Å². The van der Waals surface area contributed by atoms with Crippen LogP contribution < -0.4 is 0 Å². The molecule has 0 fully saturated rings. The zero-order chi connectivity index (χ0) is 11.2. The number of rotatable bonds is 10. The lowest BCUT2D eigenvalue weighted by Crippen LogP contribution is -1.78. The summed E-state index contributed by atoms with van der Waals surface area (Å²) in [6.07, 6.45) is 18.8. The zero-order valence-electron chi connectivity index (χ0n) is 9.95. The lowest BCUT2D eigenvalue weighted by molar-refractivity contribution is -0.104. The minimum atomic E-state index is 0.804. The van der Waals surface area contributed by atoms with Crippen molar-refractivity contribution in [3.8, 4) is 0 Å². The third-order valence-corrected chi connectivity index (χ3v) is 2.41. The molecule has 86 valence electrons. The topological polar surface area (TPSA) is 17.1 Å². The summed E-state index contributed by atoms with van der Waals surface area (Å²) < 4.78 is 0. The van der Waals surface area contributed by atoms with E-state index in [9.17, 15) is 4.79 Å². The minimum absolute atomic E-state index is 0.804. The van der Waals surface area contributed by atoms with Crippen LogP contribution in [0.2, 0.25) is 0 Å². The standard InChI is InChI=1S/C14H24O/c1-2-3-4-5-6-7-8-9-10-11-12-13-14-15/h10-14H,2-9H2,1H3. The first-order valence-electron chi connectivity index (χ1n) is 6.18. The second kappa shape index (κ2) is 13.2. The van der Waals surface area contributed by atoms with E-state index in [1.54, 1.807) is 6.08 Å². The second-order valence-electron chi connectivity index (χ2n) is 3.86. The van der Waals surface area contributed by atoms with Crippen LogP contribution in [0.15, 0.2) is 24.3 Å². The van der Waals surface area contributed by atoms with Gasteiger partial charge in [-0.2, -0.15) is 0 Å². The Morgan fingerprint density at radius 2 is 1.47 bits per heavy atom. The predicted octanol–water partition coefficient (Wildman–Crippen LogP) is 4.44. The highest BCUT2D eigenvalue weighted by Gasteiger charge is 1.88. The van der Waals surface area contributed by atoms with Crippen LogP contribution in [0.3, 0.4) is 0 Å². The van der Waals surface area contributed by atoms with E-state index >= 15 is 0 Å². The fraction of sp³-hybridized carbons (Fsp3) is 0.643. The van der Waals surface area contributed by atoms with E-state index in [2.05, 4.69) is 13.0 Å². The molecule has 0 atom stereocenters. The fourth-order valence-electron chi connectivity index (χ4n) is 1.50. The molecule has 0 saturated carbocycles. The Bertz CT molecular complexity index is 180. The zero-order valence-corrected chi connectivity index (χ0v) is 9.95. The first-order chi connectivity index (χ1) is 7.41. The average Bonchev–Trinajstić information content (AvgIpc) is 2.26. The van der Waals surface area contributed by atoms with Crippen LogP contribution in [0.5, 0.6) is 0 Å². The Morgan fingerprint density at radius 3 is 2.13 bits per heavy atom. The van der Waals surface area contributed by atoms with Crippen molar-refractivity contribution in [1.82, 2.24) is 0 Å². The van der Waals surface area contributed by atoms with E-state index in [1.807, 2.05) is 6.08 Å². The monoisotopic (exact) mass is 208 g/mol. The number of unbranched alkanes of at least 4 members (excludes halogenated alkanes) is 7. The summed E-state index contributed by atoms with van der Waals surface area (Å²) in [6.45, 7) is 2.25. The molecule has 0 aliphatic carbocycles. The van der Waals surface area contributed by atoms with Gasteiger partial charge in [0.1, 0.15) is 6.29 Å². The summed E-state index contributed by atoms with van der Waals surface area (Å²) in [5, 5.41) is 0. The molecule has 0 heterocycles. The normalized spacial score (nSPS) is 11.5. The molecule has 0 aromatic rings. The molecule has 0 aromatic heterocycles. The Balaban J connectivity index is 3.07. The van der Waals surface area contributed by atoms with Gasteiger partial charge in [-0.1, -0.05) is 63.7 Å². The van der Waals surface area contributed by atoms with Gasteiger partial charge in [0.25, 0.3) is 0 Å². The van der Waals surface area contributed by atoms with Gasteiger partial charge in [0.2, 0.25) is 0 Å². The van der Waals surface area contributed by atoms with Crippen molar-refractivity contribution in [3.63, 3.8) is 0 Å². The van der Waals surface area contributed by atoms with Crippen LogP contribution in [0.25, 0.3) is 0 Å². The Kier molecular flexibility index (Phi) is 12.4. The van der Waals surface area contributed by atoms with Crippen molar-refractivity contribution < 1.29 is 4.79 Å². The summed E-state index contributed by atoms with van der Waals surface area (Å²) in [6, 6.07) is 0. The number of carbonyl (C=O) groups is 1. The number of carbonyl (C=O) groups excluding carboxylic acids is 1. The molecule has 0 aliphatic rings. The number of allylic oxidation sites excluding steroid dienone is 4. The fourth-order valence-corrected chi connectivity index (χ4v) is 1.50. The van der Waals surface area contributed by atoms with Crippen LogP contribution in [-0.2, 0) is 4.79 Å². The van der Waals surface area contributed by atoms with E-state index in [1.165, 1.54) is 51.0 Å². The highest BCUT2D eigenvalue weighted by Crippen LogP contribution is 2.08. The molecule has 0 saturated heterocycles. The lowest BCUT2D eigenvalue weighted by atomic mass is 10.1. The molecule has 1 heteroatoms. The van der Waals surface area contributed by atoms with E-state index in [4.69, 9.17) is 0 Å². The van der Waals surface area contributed by atoms with Crippen LogP contribution in [-0.4, -0.2) is 6.29 Å². The van der Waals surface area contributed by atoms with Gasteiger partial charge in [-0.15, -0.1) is 0 Å². The SMILES string of the molecule is CCCCCCCCCC=CC=CC=O. The van der Waals surface area contributed by atoms with Gasteiger partial charge in [0, 0.05) is 0 Å². The van der Waals surface area contributed by atoms with Crippen molar-refractivity contribution >= 4 is 6.29 Å². The summed E-state index contributed by atoms with van der Waals surface area (Å²) in [5.74, 6) is 0. The minimum Gasteiger partial charge on any atom is -0.299 e. The molecular formula is C14H24O.